The summed E-state index contributed by atoms with van der Waals surface area (Å²) in [5, 5.41) is 3.55. The molecule has 0 spiro atoms. The molecule has 1 heterocycles. The largest absolute Gasteiger partial charge is 0.497 e. The smallest absolute Gasteiger partial charge is 0.349 e. The van der Waals surface area contributed by atoms with Crippen molar-refractivity contribution in [3.05, 3.63) is 76.1 Å². The van der Waals surface area contributed by atoms with Crippen LogP contribution in [0.5, 0.6) is 5.75 Å². The number of benzene rings is 2. The Hall–Kier alpha value is -3.12. The summed E-state index contributed by atoms with van der Waals surface area (Å²) in [7, 11) is 5.48. The number of nitrogens with one attached hydrogen (secondary N) is 1. The van der Waals surface area contributed by atoms with Crippen molar-refractivity contribution in [3.8, 4) is 5.75 Å². The van der Waals surface area contributed by atoms with Crippen molar-refractivity contribution in [1.29, 1.82) is 0 Å². The average molecular weight is 366 g/mol. The maximum atomic E-state index is 12.6. The van der Waals surface area contributed by atoms with Crippen LogP contribution in [0.2, 0.25) is 0 Å². The van der Waals surface area contributed by atoms with Gasteiger partial charge in [0.25, 0.3) is 5.91 Å². The van der Waals surface area contributed by atoms with E-state index in [1.54, 1.807) is 31.4 Å². The third-order valence-corrected chi connectivity index (χ3v) is 4.44. The van der Waals surface area contributed by atoms with Crippen molar-refractivity contribution >= 4 is 16.9 Å². The van der Waals surface area contributed by atoms with Gasteiger partial charge in [-0.3, -0.25) is 4.79 Å². The average Bonchev–Trinajstić information content (AvgIpc) is 2.67. The molecule has 0 saturated heterocycles. The molecule has 1 atom stereocenters. The van der Waals surface area contributed by atoms with Gasteiger partial charge >= 0.3 is 5.63 Å². The fraction of sp³-hybridized carbons (Fsp3) is 0.238. The Balaban J connectivity index is 1.80. The lowest BCUT2D eigenvalue weighted by Gasteiger charge is -2.25. The molecule has 0 aliphatic carbocycles. The summed E-state index contributed by atoms with van der Waals surface area (Å²) < 4.78 is 10.5. The predicted molar refractivity (Wildman–Crippen MR) is 104 cm³/mol. The third-order valence-electron chi connectivity index (χ3n) is 4.44. The summed E-state index contributed by atoms with van der Waals surface area (Å²) in [6, 6.07) is 16.3. The van der Waals surface area contributed by atoms with Crippen molar-refractivity contribution in [2.75, 3.05) is 27.7 Å². The minimum Gasteiger partial charge on any atom is -0.497 e. The first-order valence-corrected chi connectivity index (χ1v) is 8.61. The van der Waals surface area contributed by atoms with Gasteiger partial charge in [-0.15, -0.1) is 0 Å². The van der Waals surface area contributed by atoms with Crippen molar-refractivity contribution in [2.45, 2.75) is 6.04 Å². The number of nitrogens with zero attached hydrogens (tertiary/aromatic N) is 1. The molecule has 27 heavy (non-hydrogen) atoms. The van der Waals surface area contributed by atoms with Gasteiger partial charge in [-0.1, -0.05) is 30.3 Å². The van der Waals surface area contributed by atoms with Crippen LogP contribution in [0.25, 0.3) is 11.0 Å². The molecular weight excluding hydrogens is 344 g/mol. The highest BCUT2D eigenvalue weighted by atomic mass is 16.5. The lowest BCUT2D eigenvalue weighted by molar-refractivity contribution is 0.0938. The zero-order chi connectivity index (χ0) is 19.4. The number of rotatable bonds is 6. The third kappa shape index (κ3) is 4.17. The van der Waals surface area contributed by atoms with Gasteiger partial charge in [0.1, 0.15) is 16.9 Å². The molecule has 0 aliphatic rings. The lowest BCUT2D eigenvalue weighted by Crippen LogP contribution is -2.36. The van der Waals surface area contributed by atoms with E-state index in [0.717, 1.165) is 11.3 Å². The molecule has 3 aromatic rings. The molecule has 6 nitrogen and oxygen atoms in total. The molecule has 1 aromatic heterocycles. The Labute approximate surface area is 157 Å². The van der Waals surface area contributed by atoms with E-state index in [0.29, 0.717) is 17.5 Å². The van der Waals surface area contributed by atoms with Crippen LogP contribution in [0.3, 0.4) is 0 Å². The summed E-state index contributed by atoms with van der Waals surface area (Å²) in [6.45, 7) is 0.339. The monoisotopic (exact) mass is 366 g/mol. The van der Waals surface area contributed by atoms with Crippen molar-refractivity contribution in [2.24, 2.45) is 0 Å². The number of carbonyl (C=O) groups is 1. The number of fused-ring (bicyclic) bond motifs is 1. The van der Waals surface area contributed by atoms with Crippen LogP contribution >= 0.6 is 0 Å². The van der Waals surface area contributed by atoms with Crippen LogP contribution in [0, 0.1) is 0 Å². The molecule has 6 heteroatoms. The first-order valence-electron chi connectivity index (χ1n) is 8.61. The van der Waals surface area contributed by atoms with Gasteiger partial charge in [0.2, 0.25) is 0 Å². The molecule has 0 saturated carbocycles. The van der Waals surface area contributed by atoms with E-state index in [-0.39, 0.29) is 11.6 Å². The second kappa shape index (κ2) is 8.05. The molecule has 3 rings (SSSR count). The Bertz CT molecular complexity index is 1010. The number of hydrogen-bond acceptors (Lipinski definition) is 5. The molecule has 2 aromatic carbocycles. The van der Waals surface area contributed by atoms with Crippen LogP contribution in [0.1, 0.15) is 22.0 Å². The molecule has 0 fully saturated rings. The van der Waals surface area contributed by atoms with Crippen molar-refractivity contribution in [1.82, 2.24) is 10.2 Å². The summed E-state index contributed by atoms with van der Waals surface area (Å²) in [6.07, 6.45) is 0. The van der Waals surface area contributed by atoms with Gasteiger partial charge in [-0.25, -0.2) is 4.79 Å². The maximum absolute atomic E-state index is 12.6. The number of likely N-dealkylation sites (N-methyl/N-ethyl adjacent to an activating group) is 1. The minimum absolute atomic E-state index is 0.00292. The maximum Gasteiger partial charge on any atom is 0.349 e. The second-order valence-corrected chi connectivity index (χ2v) is 6.45. The van der Waals surface area contributed by atoms with E-state index in [1.807, 2.05) is 49.3 Å². The fourth-order valence-electron chi connectivity index (χ4n) is 2.95. The number of hydrogen-bond donors (Lipinski definition) is 1. The van der Waals surface area contributed by atoms with E-state index < -0.39 is 11.5 Å². The Morgan fingerprint density at radius 2 is 1.93 bits per heavy atom. The van der Waals surface area contributed by atoms with Gasteiger partial charge in [0, 0.05) is 11.9 Å². The normalized spacial score (nSPS) is 12.1. The molecule has 0 aliphatic heterocycles. The number of carbonyl (C=O) groups excluding carboxylic acids is 1. The topological polar surface area (TPSA) is 71.8 Å². The van der Waals surface area contributed by atoms with Crippen LogP contribution in [0.15, 0.2) is 63.8 Å². The van der Waals surface area contributed by atoms with E-state index in [1.165, 1.54) is 0 Å². The fourth-order valence-corrected chi connectivity index (χ4v) is 2.95. The van der Waals surface area contributed by atoms with Gasteiger partial charge in [0.15, 0.2) is 0 Å². The summed E-state index contributed by atoms with van der Waals surface area (Å²) >= 11 is 0. The highest BCUT2D eigenvalue weighted by Gasteiger charge is 2.19. The van der Waals surface area contributed by atoms with Crippen LogP contribution < -0.4 is 15.7 Å². The number of methoxy groups -OCH3 is 1. The van der Waals surface area contributed by atoms with Crippen LogP contribution in [0.4, 0.5) is 0 Å². The number of amides is 1. The lowest BCUT2D eigenvalue weighted by atomic mass is 10.1. The van der Waals surface area contributed by atoms with Crippen LogP contribution in [-0.2, 0) is 0 Å². The summed E-state index contributed by atoms with van der Waals surface area (Å²) in [5.74, 6) is 0.296. The number of ether oxygens (including phenoxy) is 1. The Kier molecular flexibility index (Phi) is 5.57. The first-order chi connectivity index (χ1) is 13.0. The van der Waals surface area contributed by atoms with E-state index in [4.69, 9.17) is 9.15 Å². The predicted octanol–water partition coefficient (Wildman–Crippen LogP) is 2.83. The second-order valence-electron chi connectivity index (χ2n) is 6.45. The van der Waals surface area contributed by atoms with Gasteiger partial charge in [-0.05, 0) is 43.9 Å². The highest BCUT2D eigenvalue weighted by Crippen LogP contribution is 2.22. The van der Waals surface area contributed by atoms with Crippen LogP contribution in [-0.4, -0.2) is 38.6 Å². The Morgan fingerprint density at radius 3 is 2.67 bits per heavy atom. The summed E-state index contributed by atoms with van der Waals surface area (Å²) in [4.78, 5) is 26.7. The molecule has 0 bridgehead atoms. The quantitative estimate of drug-likeness (QED) is 0.679. The highest BCUT2D eigenvalue weighted by molar-refractivity contribution is 5.96. The van der Waals surface area contributed by atoms with Gasteiger partial charge < -0.3 is 19.4 Å². The van der Waals surface area contributed by atoms with Gasteiger partial charge in [0.05, 0.1) is 13.2 Å². The molecule has 1 N–H and O–H groups in total. The standard InChI is InChI=1S/C21H22N2O4/c1-23(2)18(14-8-6-9-16(11-14)26-3)13-22-20(24)17-12-15-7-4-5-10-19(15)27-21(17)25/h4-12,18H,13H2,1-3H3,(H,22,24). The Morgan fingerprint density at radius 1 is 1.15 bits per heavy atom. The van der Waals surface area contributed by atoms with E-state index >= 15 is 0 Å². The van der Waals surface area contributed by atoms with E-state index in [2.05, 4.69) is 5.32 Å². The molecule has 0 radical (unpaired) electrons. The minimum atomic E-state index is -0.644. The number of para-hydroxylation sites is 1. The van der Waals surface area contributed by atoms with Gasteiger partial charge in [-0.2, -0.15) is 0 Å². The molecule has 1 amide bonds. The molecule has 140 valence electrons. The van der Waals surface area contributed by atoms with Crippen molar-refractivity contribution in [3.63, 3.8) is 0 Å². The summed E-state index contributed by atoms with van der Waals surface area (Å²) in [5.41, 5.74) is 0.817. The zero-order valence-corrected chi connectivity index (χ0v) is 15.6. The van der Waals surface area contributed by atoms with E-state index in [9.17, 15) is 9.59 Å². The molecule has 1 unspecified atom stereocenters. The first kappa shape index (κ1) is 18.7. The SMILES string of the molecule is COc1cccc(C(CNC(=O)c2cc3ccccc3oc2=O)N(C)C)c1. The zero-order valence-electron chi connectivity index (χ0n) is 15.6. The molecular formula is C21H22N2O4. The van der Waals surface area contributed by atoms with Crippen molar-refractivity contribution < 1.29 is 13.9 Å².